The van der Waals surface area contributed by atoms with E-state index in [1.807, 2.05) is 12.3 Å². The van der Waals surface area contributed by atoms with E-state index in [1.165, 1.54) is 10.4 Å². The number of nitrogens with two attached hydrogens (primary N) is 1. The van der Waals surface area contributed by atoms with Crippen LogP contribution in [0.15, 0.2) is 34.2 Å². The summed E-state index contributed by atoms with van der Waals surface area (Å²) in [5, 5.41) is 2.10. The predicted octanol–water partition coefficient (Wildman–Crippen LogP) is 3.04. The number of nitrogens with zero attached hydrogens (tertiary/aromatic N) is 2. The molecule has 0 spiro atoms. The fourth-order valence-corrected chi connectivity index (χ4v) is 3.21. The van der Waals surface area contributed by atoms with Gasteiger partial charge < -0.3 is 10.6 Å². The number of hydrogen-bond acceptors (Lipinski definition) is 4. The van der Waals surface area contributed by atoms with Crippen molar-refractivity contribution in [2.24, 2.45) is 5.73 Å². The molecule has 0 saturated carbocycles. The Hall–Kier alpha value is -0.910. The van der Waals surface area contributed by atoms with Gasteiger partial charge in [-0.1, -0.05) is 6.07 Å². The van der Waals surface area contributed by atoms with Gasteiger partial charge in [0.25, 0.3) is 0 Å². The Morgan fingerprint density at radius 3 is 2.83 bits per heavy atom. The van der Waals surface area contributed by atoms with E-state index in [9.17, 15) is 0 Å². The first-order valence-corrected chi connectivity index (χ1v) is 7.45. The van der Waals surface area contributed by atoms with E-state index >= 15 is 0 Å². The number of aromatic nitrogens is 1. The molecule has 2 aromatic heterocycles. The Balaban J connectivity index is 2.02. The summed E-state index contributed by atoms with van der Waals surface area (Å²) >= 11 is 5.22. The van der Waals surface area contributed by atoms with Crippen molar-refractivity contribution in [1.29, 1.82) is 0 Å². The minimum atomic E-state index is 0.667. The molecular weight excluding hydrogens is 310 g/mol. The van der Waals surface area contributed by atoms with Crippen LogP contribution in [0, 0.1) is 0 Å². The molecule has 3 nitrogen and oxygen atoms in total. The van der Waals surface area contributed by atoms with Gasteiger partial charge in [-0.05, 0) is 46.6 Å². The number of anilines is 1. The van der Waals surface area contributed by atoms with Crippen LogP contribution in [0.2, 0.25) is 0 Å². The van der Waals surface area contributed by atoms with Crippen LogP contribution in [-0.4, -0.2) is 18.6 Å². The quantitative estimate of drug-likeness (QED) is 0.918. The lowest BCUT2D eigenvalue weighted by molar-refractivity contribution is 0.901. The number of thiophene rings is 1. The summed E-state index contributed by atoms with van der Waals surface area (Å²) < 4.78 is 1.14. The third-order valence-electron chi connectivity index (χ3n) is 2.65. The molecule has 0 aromatic carbocycles. The van der Waals surface area contributed by atoms with Crippen molar-refractivity contribution >= 4 is 33.1 Å². The molecule has 0 fully saturated rings. The Kier molecular flexibility index (Phi) is 4.74. The summed E-state index contributed by atoms with van der Waals surface area (Å²) in [5.74, 6) is 0.986. The number of hydrogen-bond donors (Lipinski definition) is 1. The van der Waals surface area contributed by atoms with E-state index in [2.05, 4.69) is 50.4 Å². The van der Waals surface area contributed by atoms with Crippen LogP contribution in [-0.2, 0) is 13.0 Å². The zero-order valence-corrected chi connectivity index (χ0v) is 12.7. The molecule has 18 heavy (non-hydrogen) atoms. The van der Waals surface area contributed by atoms with Crippen molar-refractivity contribution in [2.75, 3.05) is 18.5 Å². The van der Waals surface area contributed by atoms with Crippen molar-refractivity contribution in [2.45, 2.75) is 13.0 Å². The summed E-state index contributed by atoms with van der Waals surface area (Å²) in [7, 11) is 2.05. The summed E-state index contributed by atoms with van der Waals surface area (Å²) in [6, 6.07) is 6.29. The van der Waals surface area contributed by atoms with Gasteiger partial charge in [-0.2, -0.15) is 0 Å². The van der Waals surface area contributed by atoms with Crippen molar-refractivity contribution in [3.05, 3.63) is 44.7 Å². The summed E-state index contributed by atoms with van der Waals surface area (Å²) in [4.78, 5) is 7.92. The zero-order chi connectivity index (χ0) is 13.0. The summed E-state index contributed by atoms with van der Waals surface area (Å²) in [6.45, 7) is 1.54. The van der Waals surface area contributed by atoms with Crippen LogP contribution in [0.1, 0.15) is 10.4 Å². The number of pyridine rings is 1. The van der Waals surface area contributed by atoms with E-state index in [0.29, 0.717) is 6.54 Å². The third-order valence-corrected chi connectivity index (χ3v) is 4.33. The highest BCUT2D eigenvalue weighted by atomic mass is 79.9. The Bertz CT molecular complexity index is 495. The molecule has 0 atom stereocenters. The molecule has 0 unspecified atom stereocenters. The van der Waals surface area contributed by atoms with Crippen molar-refractivity contribution in [3.63, 3.8) is 0 Å². The van der Waals surface area contributed by atoms with E-state index in [-0.39, 0.29) is 0 Å². The van der Waals surface area contributed by atoms with Gasteiger partial charge in [-0.3, -0.25) is 0 Å². The highest BCUT2D eigenvalue weighted by Crippen LogP contribution is 2.22. The number of halogens is 1. The molecule has 0 amide bonds. The monoisotopic (exact) mass is 325 g/mol. The molecule has 0 saturated heterocycles. The molecule has 2 aromatic rings. The predicted molar refractivity (Wildman–Crippen MR) is 81.1 cm³/mol. The Morgan fingerprint density at radius 1 is 1.44 bits per heavy atom. The first kappa shape index (κ1) is 13.5. The minimum absolute atomic E-state index is 0.667. The molecule has 5 heteroatoms. The normalized spacial score (nSPS) is 10.6. The lowest BCUT2D eigenvalue weighted by Gasteiger charge is -2.17. The topological polar surface area (TPSA) is 42.1 Å². The smallest absolute Gasteiger partial charge is 0.128 e. The molecular formula is C13H16BrN3S. The lowest BCUT2D eigenvalue weighted by atomic mass is 10.2. The molecule has 2 rings (SSSR count). The molecule has 2 heterocycles. The maximum atomic E-state index is 5.52. The molecule has 0 radical (unpaired) electrons. The van der Waals surface area contributed by atoms with Crippen LogP contribution >= 0.6 is 27.3 Å². The maximum absolute atomic E-state index is 5.52. The molecule has 0 bridgehead atoms. The second-order valence-electron chi connectivity index (χ2n) is 4.15. The van der Waals surface area contributed by atoms with Gasteiger partial charge in [0, 0.05) is 28.0 Å². The van der Waals surface area contributed by atoms with Gasteiger partial charge in [0.2, 0.25) is 0 Å². The van der Waals surface area contributed by atoms with Gasteiger partial charge >= 0.3 is 0 Å². The van der Waals surface area contributed by atoms with Crippen LogP contribution in [0.3, 0.4) is 0 Å². The van der Waals surface area contributed by atoms with Gasteiger partial charge in [0.15, 0.2) is 0 Å². The van der Waals surface area contributed by atoms with Gasteiger partial charge in [-0.25, -0.2) is 4.98 Å². The second kappa shape index (κ2) is 6.31. The van der Waals surface area contributed by atoms with Crippen LogP contribution in [0.5, 0.6) is 0 Å². The third kappa shape index (κ3) is 3.54. The van der Waals surface area contributed by atoms with Crippen LogP contribution in [0.25, 0.3) is 0 Å². The van der Waals surface area contributed by atoms with Crippen molar-refractivity contribution in [1.82, 2.24) is 4.98 Å². The van der Waals surface area contributed by atoms with Crippen molar-refractivity contribution in [3.8, 4) is 0 Å². The van der Waals surface area contributed by atoms with E-state index < -0.39 is 0 Å². The fourth-order valence-electron chi connectivity index (χ4n) is 1.71. The van der Waals surface area contributed by atoms with E-state index in [4.69, 9.17) is 5.73 Å². The average Bonchev–Trinajstić information content (AvgIpc) is 2.76. The highest BCUT2D eigenvalue weighted by molar-refractivity contribution is 9.10. The molecule has 96 valence electrons. The summed E-state index contributed by atoms with van der Waals surface area (Å²) in [6.07, 6.45) is 2.79. The standard InChI is InChI=1S/C13H16BrN3S/c1-17(8-12-6-11(14)9-18-12)13-3-2-10(4-5-15)7-16-13/h2-3,6-7,9H,4-5,8,15H2,1H3. The van der Waals surface area contributed by atoms with E-state index in [0.717, 1.165) is 23.3 Å². The Labute approximate surface area is 120 Å². The maximum Gasteiger partial charge on any atom is 0.128 e. The second-order valence-corrected chi connectivity index (χ2v) is 6.06. The zero-order valence-electron chi connectivity index (χ0n) is 10.3. The van der Waals surface area contributed by atoms with Crippen LogP contribution < -0.4 is 10.6 Å². The van der Waals surface area contributed by atoms with Crippen LogP contribution in [0.4, 0.5) is 5.82 Å². The van der Waals surface area contributed by atoms with Gasteiger partial charge in [0.1, 0.15) is 5.82 Å². The molecule has 0 aliphatic carbocycles. The lowest BCUT2D eigenvalue weighted by Crippen LogP contribution is -2.17. The van der Waals surface area contributed by atoms with Crippen molar-refractivity contribution < 1.29 is 0 Å². The largest absolute Gasteiger partial charge is 0.355 e. The van der Waals surface area contributed by atoms with E-state index in [1.54, 1.807) is 11.3 Å². The highest BCUT2D eigenvalue weighted by Gasteiger charge is 2.05. The first-order valence-electron chi connectivity index (χ1n) is 5.78. The fraction of sp³-hybridized carbons (Fsp3) is 0.308. The van der Waals surface area contributed by atoms with Gasteiger partial charge in [-0.15, -0.1) is 11.3 Å². The molecule has 2 N–H and O–H groups in total. The average molecular weight is 326 g/mol. The molecule has 0 aliphatic rings. The Morgan fingerprint density at radius 2 is 2.28 bits per heavy atom. The first-order chi connectivity index (χ1) is 8.69. The minimum Gasteiger partial charge on any atom is -0.355 e. The van der Waals surface area contributed by atoms with Gasteiger partial charge in [0.05, 0.1) is 6.54 Å². The number of rotatable bonds is 5. The SMILES string of the molecule is CN(Cc1cc(Br)cs1)c1ccc(CCN)cn1. The summed E-state index contributed by atoms with van der Waals surface area (Å²) in [5.41, 5.74) is 6.71. The molecule has 0 aliphatic heterocycles.